The molecule has 5 nitrogen and oxygen atoms in total. The van der Waals surface area contributed by atoms with Gasteiger partial charge in [0.15, 0.2) is 0 Å². The minimum absolute atomic E-state index is 0.0976. The fraction of sp³-hybridized carbons (Fsp3) is 0.100. The second-order valence-electron chi connectivity index (χ2n) is 5.99. The van der Waals surface area contributed by atoms with Gasteiger partial charge in [-0.2, -0.15) is 0 Å². The summed E-state index contributed by atoms with van der Waals surface area (Å²) in [7, 11) is 0. The quantitative estimate of drug-likeness (QED) is 0.782. The van der Waals surface area contributed by atoms with Crippen molar-refractivity contribution in [3.05, 3.63) is 89.2 Å². The van der Waals surface area contributed by atoms with Gasteiger partial charge in [0.25, 0.3) is 5.91 Å². The van der Waals surface area contributed by atoms with Crippen molar-refractivity contribution in [3.8, 4) is 0 Å². The van der Waals surface area contributed by atoms with Crippen molar-refractivity contribution in [1.29, 1.82) is 0 Å². The molecule has 2 aromatic carbocycles. The minimum atomic E-state index is -0.966. The van der Waals surface area contributed by atoms with Crippen LogP contribution in [0.1, 0.15) is 32.1 Å². The molecule has 5 heteroatoms. The van der Waals surface area contributed by atoms with Crippen molar-refractivity contribution in [2.75, 3.05) is 4.90 Å². The number of para-hydroxylation sites is 1. The first-order valence-electron chi connectivity index (χ1n) is 8.01. The molecule has 0 aliphatic carbocycles. The van der Waals surface area contributed by atoms with E-state index in [2.05, 4.69) is 0 Å². The second kappa shape index (κ2) is 5.94. The van der Waals surface area contributed by atoms with E-state index in [4.69, 9.17) is 0 Å². The third kappa shape index (κ3) is 2.59. The molecule has 0 saturated heterocycles. The average molecular weight is 332 g/mol. The summed E-state index contributed by atoms with van der Waals surface area (Å²) < 4.78 is 1.76. The number of aromatic carboxylic acids is 1. The van der Waals surface area contributed by atoms with Gasteiger partial charge in [0.2, 0.25) is 0 Å². The molecule has 1 amide bonds. The number of hydrogen-bond donors (Lipinski definition) is 1. The van der Waals surface area contributed by atoms with E-state index < -0.39 is 5.97 Å². The van der Waals surface area contributed by atoms with E-state index in [1.54, 1.807) is 33.7 Å². The van der Waals surface area contributed by atoms with Crippen LogP contribution < -0.4 is 4.90 Å². The van der Waals surface area contributed by atoms with Crippen LogP contribution in [0, 0.1) is 0 Å². The Morgan fingerprint density at radius 1 is 0.840 bits per heavy atom. The van der Waals surface area contributed by atoms with Gasteiger partial charge in [0.05, 0.1) is 13.1 Å². The van der Waals surface area contributed by atoms with Crippen LogP contribution in [0.25, 0.3) is 0 Å². The van der Waals surface area contributed by atoms with Crippen molar-refractivity contribution in [2.45, 2.75) is 13.1 Å². The van der Waals surface area contributed by atoms with Gasteiger partial charge in [0.1, 0.15) is 5.69 Å². The predicted octanol–water partition coefficient (Wildman–Crippen LogP) is 3.40. The highest BCUT2D eigenvalue weighted by molar-refractivity contribution is 6.06. The summed E-state index contributed by atoms with van der Waals surface area (Å²) in [5, 5.41) is 9.42. The maximum Gasteiger partial charge on any atom is 0.352 e. The Morgan fingerprint density at radius 3 is 2.32 bits per heavy atom. The van der Waals surface area contributed by atoms with Gasteiger partial charge < -0.3 is 14.6 Å². The van der Waals surface area contributed by atoms with Gasteiger partial charge in [-0.3, -0.25) is 4.79 Å². The zero-order valence-electron chi connectivity index (χ0n) is 13.4. The van der Waals surface area contributed by atoms with Gasteiger partial charge >= 0.3 is 5.97 Å². The smallest absolute Gasteiger partial charge is 0.352 e. The number of hydrogen-bond acceptors (Lipinski definition) is 2. The first-order valence-corrected chi connectivity index (χ1v) is 8.01. The van der Waals surface area contributed by atoms with E-state index in [1.165, 1.54) is 0 Å². The summed E-state index contributed by atoms with van der Waals surface area (Å²) in [5.41, 5.74) is 3.38. The summed E-state index contributed by atoms with van der Waals surface area (Å²) in [4.78, 5) is 26.3. The van der Waals surface area contributed by atoms with Gasteiger partial charge in [-0.25, -0.2) is 4.79 Å². The lowest BCUT2D eigenvalue weighted by molar-refractivity contribution is 0.0685. The van der Waals surface area contributed by atoms with Crippen LogP contribution in [0.5, 0.6) is 0 Å². The van der Waals surface area contributed by atoms with E-state index in [1.807, 2.05) is 42.5 Å². The Hall–Kier alpha value is -3.34. The predicted molar refractivity (Wildman–Crippen MR) is 93.9 cm³/mol. The summed E-state index contributed by atoms with van der Waals surface area (Å²) in [6, 6.07) is 20.1. The lowest BCUT2D eigenvalue weighted by Gasteiger charge is -2.22. The standard InChI is InChI=1S/C20H16N2O3/c23-19(14-6-2-1-3-7-14)22-13-16-10-11-18(20(24)25)21(16)12-15-8-4-5-9-17(15)22/h1-11H,12-13H2,(H,24,25). The highest BCUT2D eigenvalue weighted by Gasteiger charge is 2.26. The third-order valence-electron chi connectivity index (χ3n) is 4.49. The number of aromatic nitrogens is 1. The number of rotatable bonds is 2. The highest BCUT2D eigenvalue weighted by Crippen LogP contribution is 2.30. The molecule has 124 valence electrons. The zero-order valence-corrected chi connectivity index (χ0v) is 13.4. The van der Waals surface area contributed by atoms with Crippen LogP contribution in [0.3, 0.4) is 0 Å². The molecule has 2 heterocycles. The maximum atomic E-state index is 13.1. The van der Waals surface area contributed by atoms with Gasteiger partial charge in [-0.05, 0) is 35.9 Å². The Labute approximate surface area is 144 Å². The average Bonchev–Trinajstić information content (AvgIpc) is 2.95. The van der Waals surface area contributed by atoms with Gasteiger partial charge in [-0.15, -0.1) is 0 Å². The van der Waals surface area contributed by atoms with E-state index in [9.17, 15) is 14.7 Å². The molecule has 0 unspecified atom stereocenters. The van der Waals surface area contributed by atoms with Gasteiger partial charge in [0, 0.05) is 16.9 Å². The molecule has 0 bridgehead atoms. The van der Waals surface area contributed by atoms with Crippen molar-refractivity contribution in [1.82, 2.24) is 4.57 Å². The molecule has 1 N–H and O–H groups in total. The fourth-order valence-electron chi connectivity index (χ4n) is 3.26. The SMILES string of the molecule is O=C(O)c1ccc2n1Cc1ccccc1N(C(=O)c1ccccc1)C2. The first kappa shape index (κ1) is 15.2. The normalized spacial score (nSPS) is 12.9. The Balaban J connectivity index is 1.84. The summed E-state index contributed by atoms with van der Waals surface area (Å²) in [5.74, 6) is -1.06. The molecule has 0 atom stereocenters. The number of nitrogens with zero attached hydrogens (tertiary/aromatic N) is 2. The number of carboxylic acids is 1. The van der Waals surface area contributed by atoms with Crippen molar-refractivity contribution in [2.24, 2.45) is 0 Å². The number of carbonyl (C=O) groups excluding carboxylic acids is 1. The molecular weight excluding hydrogens is 316 g/mol. The van der Waals surface area contributed by atoms with Crippen LogP contribution >= 0.6 is 0 Å². The molecule has 3 aromatic rings. The molecule has 25 heavy (non-hydrogen) atoms. The Morgan fingerprint density at radius 2 is 1.56 bits per heavy atom. The van der Waals surface area contributed by atoms with Crippen LogP contribution in [0.2, 0.25) is 0 Å². The van der Waals surface area contributed by atoms with Crippen molar-refractivity contribution < 1.29 is 14.7 Å². The first-order chi connectivity index (χ1) is 12.1. The van der Waals surface area contributed by atoms with Crippen molar-refractivity contribution in [3.63, 3.8) is 0 Å². The molecule has 1 aliphatic rings. The summed E-state index contributed by atoms with van der Waals surface area (Å²) in [6.45, 7) is 0.761. The van der Waals surface area contributed by atoms with E-state index in [-0.39, 0.29) is 11.6 Å². The molecule has 0 radical (unpaired) electrons. The minimum Gasteiger partial charge on any atom is -0.477 e. The van der Waals surface area contributed by atoms with Crippen LogP contribution in [0.4, 0.5) is 5.69 Å². The molecular formula is C20H16N2O3. The van der Waals surface area contributed by atoms with E-state index in [0.717, 1.165) is 16.9 Å². The largest absolute Gasteiger partial charge is 0.477 e. The molecule has 4 rings (SSSR count). The van der Waals surface area contributed by atoms with Gasteiger partial charge in [-0.1, -0.05) is 36.4 Å². The third-order valence-corrected chi connectivity index (χ3v) is 4.49. The monoisotopic (exact) mass is 332 g/mol. The van der Waals surface area contributed by atoms with Crippen LogP contribution in [-0.4, -0.2) is 21.6 Å². The highest BCUT2D eigenvalue weighted by atomic mass is 16.4. The molecule has 0 fully saturated rings. The van der Waals surface area contributed by atoms with Crippen LogP contribution in [0.15, 0.2) is 66.7 Å². The van der Waals surface area contributed by atoms with Crippen molar-refractivity contribution >= 4 is 17.6 Å². The number of benzene rings is 2. The zero-order chi connectivity index (χ0) is 17.4. The molecule has 0 spiro atoms. The Bertz CT molecular complexity index is 960. The molecule has 1 aliphatic heterocycles. The van der Waals surface area contributed by atoms with Crippen LogP contribution in [-0.2, 0) is 13.1 Å². The fourth-order valence-corrected chi connectivity index (χ4v) is 3.26. The lowest BCUT2D eigenvalue weighted by atomic mass is 10.1. The number of anilines is 1. The number of fused-ring (bicyclic) bond motifs is 2. The summed E-state index contributed by atoms with van der Waals surface area (Å²) >= 11 is 0. The lowest BCUT2D eigenvalue weighted by Crippen LogP contribution is -2.30. The second-order valence-corrected chi connectivity index (χ2v) is 5.99. The number of amides is 1. The Kier molecular flexibility index (Phi) is 3.61. The number of carboxylic acid groups (broad SMARTS) is 1. The summed E-state index contributed by atoms with van der Waals surface area (Å²) in [6.07, 6.45) is 0. The number of carbonyl (C=O) groups is 2. The maximum absolute atomic E-state index is 13.1. The van der Waals surface area contributed by atoms with E-state index >= 15 is 0 Å². The topological polar surface area (TPSA) is 62.5 Å². The van der Waals surface area contributed by atoms with E-state index in [0.29, 0.717) is 18.7 Å². The molecule has 1 aromatic heterocycles. The molecule has 0 saturated carbocycles.